The zero-order valence-electron chi connectivity index (χ0n) is 12.9. The molecule has 0 bridgehead atoms. The first-order valence-electron chi connectivity index (χ1n) is 8.95. The Labute approximate surface area is 124 Å². The summed E-state index contributed by atoms with van der Waals surface area (Å²) in [5, 5.41) is 3.84. The predicted octanol–water partition coefficient (Wildman–Crippen LogP) is 5.50. The molecule has 1 aliphatic heterocycles. The van der Waals surface area contributed by atoms with Crippen LogP contribution in [0.1, 0.15) is 77.0 Å². The summed E-state index contributed by atoms with van der Waals surface area (Å²) in [6.45, 7) is 0. The SMILES string of the molecule is C1=C[C](C2CCCCCC2)NC(C2CCCCCC2)=C1. The number of rotatable bonds is 2. The van der Waals surface area contributed by atoms with E-state index in [1.54, 1.807) is 0 Å². The second-order valence-electron chi connectivity index (χ2n) is 6.94. The van der Waals surface area contributed by atoms with Gasteiger partial charge in [0.05, 0.1) is 6.04 Å². The van der Waals surface area contributed by atoms with Crippen molar-refractivity contribution in [1.29, 1.82) is 0 Å². The van der Waals surface area contributed by atoms with E-state index in [-0.39, 0.29) is 0 Å². The molecular formula is C19H30N. The molecule has 1 nitrogen and oxygen atoms in total. The van der Waals surface area contributed by atoms with E-state index >= 15 is 0 Å². The van der Waals surface area contributed by atoms with E-state index in [4.69, 9.17) is 0 Å². The van der Waals surface area contributed by atoms with Gasteiger partial charge in [-0.1, -0.05) is 63.5 Å². The van der Waals surface area contributed by atoms with Crippen LogP contribution in [-0.4, -0.2) is 0 Å². The lowest BCUT2D eigenvalue weighted by Crippen LogP contribution is -2.31. The highest BCUT2D eigenvalue weighted by atomic mass is 14.9. The molecule has 0 spiro atoms. The molecule has 1 heterocycles. The average Bonchev–Trinajstić information content (AvgIpc) is 2.92. The summed E-state index contributed by atoms with van der Waals surface area (Å²) in [6.07, 6.45) is 24.0. The topological polar surface area (TPSA) is 12.0 Å². The third kappa shape index (κ3) is 3.68. The van der Waals surface area contributed by atoms with Gasteiger partial charge in [0.15, 0.2) is 0 Å². The Morgan fingerprint density at radius 1 is 0.700 bits per heavy atom. The Morgan fingerprint density at radius 3 is 1.85 bits per heavy atom. The fraction of sp³-hybridized carbons (Fsp3) is 0.737. The van der Waals surface area contributed by atoms with Gasteiger partial charge in [-0.2, -0.15) is 0 Å². The number of hydrogen-bond acceptors (Lipinski definition) is 1. The Balaban J connectivity index is 1.60. The van der Waals surface area contributed by atoms with Crippen LogP contribution in [0.4, 0.5) is 0 Å². The summed E-state index contributed by atoms with van der Waals surface area (Å²) in [4.78, 5) is 0. The van der Waals surface area contributed by atoms with Crippen LogP contribution in [0.25, 0.3) is 0 Å². The highest BCUT2D eigenvalue weighted by Gasteiger charge is 2.26. The van der Waals surface area contributed by atoms with Crippen LogP contribution >= 0.6 is 0 Å². The minimum Gasteiger partial charge on any atom is -0.376 e. The van der Waals surface area contributed by atoms with Gasteiger partial charge >= 0.3 is 0 Å². The Hall–Kier alpha value is -0.720. The van der Waals surface area contributed by atoms with Gasteiger partial charge in [-0.3, -0.25) is 0 Å². The van der Waals surface area contributed by atoms with Crippen LogP contribution in [-0.2, 0) is 0 Å². The molecule has 0 amide bonds. The van der Waals surface area contributed by atoms with Gasteiger partial charge in [-0.25, -0.2) is 0 Å². The average molecular weight is 272 g/mol. The normalized spacial score (nSPS) is 27.5. The van der Waals surface area contributed by atoms with E-state index in [9.17, 15) is 0 Å². The number of dihydropyridines is 1. The van der Waals surface area contributed by atoms with Crippen molar-refractivity contribution in [3.63, 3.8) is 0 Å². The molecule has 2 saturated carbocycles. The Morgan fingerprint density at radius 2 is 1.25 bits per heavy atom. The fourth-order valence-electron chi connectivity index (χ4n) is 4.16. The Kier molecular flexibility index (Phi) is 5.22. The summed E-state index contributed by atoms with van der Waals surface area (Å²) in [5.74, 6) is 1.59. The standard InChI is InChI=1S/C19H30N/c1-2-6-11-16(10-5-1)18-14-9-15-19(20-18)17-12-7-3-4-8-13-17/h9,14-17,20H,1-8,10-13H2. The molecule has 3 aliphatic rings. The van der Waals surface area contributed by atoms with Gasteiger partial charge < -0.3 is 5.32 Å². The maximum atomic E-state index is 3.84. The largest absolute Gasteiger partial charge is 0.376 e. The van der Waals surface area contributed by atoms with Crippen molar-refractivity contribution in [2.45, 2.75) is 77.0 Å². The second kappa shape index (κ2) is 7.33. The molecular weight excluding hydrogens is 242 g/mol. The molecule has 0 atom stereocenters. The molecule has 20 heavy (non-hydrogen) atoms. The summed E-state index contributed by atoms with van der Waals surface area (Å²) in [5.41, 5.74) is 1.52. The lowest BCUT2D eigenvalue weighted by Gasteiger charge is -2.31. The van der Waals surface area contributed by atoms with E-state index in [1.807, 2.05) is 0 Å². The van der Waals surface area contributed by atoms with Crippen LogP contribution in [0, 0.1) is 17.9 Å². The van der Waals surface area contributed by atoms with Gasteiger partial charge in [-0.05, 0) is 43.6 Å². The lowest BCUT2D eigenvalue weighted by molar-refractivity contribution is 0.429. The Bertz CT molecular complexity index is 339. The van der Waals surface area contributed by atoms with Gasteiger partial charge in [0.1, 0.15) is 0 Å². The predicted molar refractivity (Wildman–Crippen MR) is 86.0 cm³/mol. The molecule has 0 unspecified atom stereocenters. The van der Waals surface area contributed by atoms with E-state index in [0.29, 0.717) is 0 Å². The summed E-state index contributed by atoms with van der Waals surface area (Å²) >= 11 is 0. The smallest absolute Gasteiger partial charge is 0.0854 e. The van der Waals surface area contributed by atoms with Gasteiger partial charge in [0, 0.05) is 5.70 Å². The number of nitrogens with one attached hydrogen (secondary N) is 1. The molecule has 3 rings (SSSR count). The molecule has 0 aromatic rings. The summed E-state index contributed by atoms with van der Waals surface area (Å²) < 4.78 is 0. The number of hydrogen-bond donors (Lipinski definition) is 1. The molecule has 111 valence electrons. The minimum absolute atomic E-state index is 0.795. The third-order valence-corrected chi connectivity index (χ3v) is 5.43. The molecule has 2 aliphatic carbocycles. The van der Waals surface area contributed by atoms with Crippen molar-refractivity contribution in [2.75, 3.05) is 0 Å². The molecule has 2 fully saturated rings. The first kappa shape index (κ1) is 14.2. The summed E-state index contributed by atoms with van der Waals surface area (Å²) in [6, 6.07) is 1.52. The van der Waals surface area contributed by atoms with Crippen LogP contribution in [0.3, 0.4) is 0 Å². The molecule has 1 heteroatoms. The monoisotopic (exact) mass is 272 g/mol. The minimum atomic E-state index is 0.795. The van der Waals surface area contributed by atoms with Gasteiger partial charge in [0.25, 0.3) is 0 Å². The van der Waals surface area contributed by atoms with E-state index in [2.05, 4.69) is 23.5 Å². The second-order valence-corrected chi connectivity index (χ2v) is 6.94. The molecule has 0 aromatic carbocycles. The quantitative estimate of drug-likeness (QED) is 0.654. The molecule has 0 aromatic heterocycles. The molecule has 1 radical (unpaired) electrons. The van der Waals surface area contributed by atoms with Gasteiger partial charge in [-0.15, -0.1) is 0 Å². The lowest BCUT2D eigenvalue weighted by atomic mass is 9.87. The van der Waals surface area contributed by atoms with Crippen molar-refractivity contribution < 1.29 is 0 Å². The highest BCUT2D eigenvalue weighted by molar-refractivity contribution is 5.29. The van der Waals surface area contributed by atoms with Crippen LogP contribution < -0.4 is 5.32 Å². The van der Waals surface area contributed by atoms with Crippen LogP contribution in [0.2, 0.25) is 0 Å². The van der Waals surface area contributed by atoms with E-state index in [1.165, 1.54) is 88.8 Å². The zero-order valence-corrected chi connectivity index (χ0v) is 12.9. The highest BCUT2D eigenvalue weighted by Crippen LogP contribution is 2.35. The summed E-state index contributed by atoms with van der Waals surface area (Å²) in [7, 11) is 0. The first-order valence-corrected chi connectivity index (χ1v) is 8.95. The van der Waals surface area contributed by atoms with E-state index in [0.717, 1.165) is 11.8 Å². The van der Waals surface area contributed by atoms with Crippen LogP contribution in [0.5, 0.6) is 0 Å². The maximum absolute atomic E-state index is 3.84. The van der Waals surface area contributed by atoms with Crippen molar-refractivity contribution in [3.8, 4) is 0 Å². The van der Waals surface area contributed by atoms with Crippen molar-refractivity contribution >= 4 is 0 Å². The zero-order chi connectivity index (χ0) is 13.6. The first-order chi connectivity index (χ1) is 9.93. The van der Waals surface area contributed by atoms with Crippen molar-refractivity contribution in [1.82, 2.24) is 5.32 Å². The number of allylic oxidation sites excluding steroid dienone is 3. The van der Waals surface area contributed by atoms with Crippen molar-refractivity contribution in [2.24, 2.45) is 11.8 Å². The maximum Gasteiger partial charge on any atom is 0.0854 e. The van der Waals surface area contributed by atoms with Gasteiger partial charge in [0.2, 0.25) is 0 Å². The van der Waals surface area contributed by atoms with Crippen LogP contribution in [0.15, 0.2) is 23.9 Å². The molecule has 0 saturated heterocycles. The van der Waals surface area contributed by atoms with E-state index < -0.39 is 0 Å². The molecule has 1 N–H and O–H groups in total. The third-order valence-electron chi connectivity index (χ3n) is 5.43. The fourth-order valence-corrected chi connectivity index (χ4v) is 4.16. The van der Waals surface area contributed by atoms with Crippen molar-refractivity contribution in [3.05, 3.63) is 30.0 Å².